The van der Waals surface area contributed by atoms with Crippen LogP contribution in [0.4, 0.5) is 0 Å². The summed E-state index contributed by atoms with van der Waals surface area (Å²) in [6.07, 6.45) is -0.852. The van der Waals surface area contributed by atoms with Crippen LogP contribution in [0.5, 0.6) is 0 Å². The SMILES string of the molecule is CPC.O=C(c1cccc2c1-c1ccccc1C21c2ccccc2-c2ccccc21)c1cccc2c1-c1ccccc1C21c2ccccc2-c2ccccc21.OC(c1cccc2c1-c1ccccc1C21c2ccccc2-c2ccccc21)c1cccc2c1-c1ccccc1C21c2ccccc2-c2ccccc21. The molecule has 0 aromatic heterocycles. The first kappa shape index (κ1) is 62.0. The fourth-order valence-corrected chi connectivity index (χ4v) is 21.8. The molecule has 16 aromatic carbocycles. The van der Waals surface area contributed by atoms with E-state index in [9.17, 15) is 5.11 Å². The highest BCUT2D eigenvalue weighted by molar-refractivity contribution is 7.35. The summed E-state index contributed by atoms with van der Waals surface area (Å²) in [6.45, 7) is 4.31. The molecule has 0 aliphatic heterocycles. The maximum Gasteiger partial charge on any atom is 0.194 e. The molecule has 16 aromatic rings. The first-order valence-electron chi connectivity index (χ1n) is 37.4. The van der Waals surface area contributed by atoms with Crippen molar-refractivity contribution in [3.63, 3.8) is 0 Å². The van der Waals surface area contributed by atoms with Gasteiger partial charge in [-0.25, -0.2) is 0 Å². The normalized spacial score (nSPS) is 14.8. The molecule has 4 spiro atoms. The Hall–Kier alpha value is -12.4. The van der Waals surface area contributed by atoms with Crippen LogP contribution < -0.4 is 0 Å². The molecule has 0 atom stereocenters. The van der Waals surface area contributed by atoms with Crippen molar-refractivity contribution in [3.8, 4) is 89.0 Å². The number of hydrogen-bond acceptors (Lipinski definition) is 2. The van der Waals surface area contributed by atoms with Crippen LogP contribution >= 0.6 is 8.58 Å². The van der Waals surface area contributed by atoms with Crippen LogP contribution in [0.25, 0.3) is 89.0 Å². The topological polar surface area (TPSA) is 37.3 Å². The summed E-state index contributed by atoms with van der Waals surface area (Å²) < 4.78 is 0. The molecule has 2 nitrogen and oxygen atoms in total. The van der Waals surface area contributed by atoms with Crippen LogP contribution in [-0.2, 0) is 21.7 Å². The zero-order chi connectivity index (χ0) is 71.1. The number of carbonyl (C=O) groups is 1. The Bertz CT molecular complexity index is 5970. The molecule has 0 amide bonds. The van der Waals surface area contributed by atoms with Gasteiger partial charge in [0.2, 0.25) is 0 Å². The Kier molecular flexibility index (Phi) is 13.4. The molecule has 502 valence electrons. The highest BCUT2D eigenvalue weighted by Gasteiger charge is 2.57. The molecular formula is C104H69O2P. The van der Waals surface area contributed by atoms with Crippen molar-refractivity contribution < 1.29 is 9.90 Å². The molecule has 0 heterocycles. The molecule has 24 rings (SSSR count). The second kappa shape index (κ2) is 23.0. The lowest BCUT2D eigenvalue weighted by molar-refractivity contribution is 0.103. The van der Waals surface area contributed by atoms with E-state index in [1.54, 1.807) is 0 Å². The number of fused-ring (bicyclic) bond motifs is 40. The summed E-state index contributed by atoms with van der Waals surface area (Å²) >= 11 is 0. The Morgan fingerprint density at radius 2 is 0.374 bits per heavy atom. The fraction of sp³-hybridized carbons (Fsp3) is 0.0673. The van der Waals surface area contributed by atoms with Crippen LogP contribution in [-0.4, -0.2) is 24.2 Å². The molecule has 107 heavy (non-hydrogen) atoms. The number of ketones is 1. The van der Waals surface area contributed by atoms with E-state index in [4.69, 9.17) is 0 Å². The average Bonchev–Trinajstić information content (AvgIpc) is 1.53. The average molecular weight is 1380 g/mol. The lowest BCUT2D eigenvalue weighted by atomic mass is 9.70. The fourth-order valence-electron chi connectivity index (χ4n) is 21.8. The second-order valence-corrected chi connectivity index (χ2v) is 30.8. The molecule has 0 bridgehead atoms. The van der Waals surface area contributed by atoms with Gasteiger partial charge in [-0.3, -0.25) is 4.79 Å². The number of aliphatic hydroxyl groups excluding tert-OH is 1. The van der Waals surface area contributed by atoms with Gasteiger partial charge in [0.25, 0.3) is 0 Å². The summed E-state index contributed by atoms with van der Waals surface area (Å²) in [4.78, 5) is 15.6. The third-order valence-corrected chi connectivity index (χ3v) is 25.2. The van der Waals surface area contributed by atoms with Gasteiger partial charge in [-0.05, 0) is 202 Å². The van der Waals surface area contributed by atoms with Gasteiger partial charge in [0.15, 0.2) is 5.78 Å². The smallest absolute Gasteiger partial charge is 0.194 e. The van der Waals surface area contributed by atoms with Crippen molar-refractivity contribution >= 4 is 14.4 Å². The van der Waals surface area contributed by atoms with Crippen LogP contribution in [0.1, 0.15) is 122 Å². The van der Waals surface area contributed by atoms with Crippen molar-refractivity contribution in [2.75, 3.05) is 13.3 Å². The highest BCUT2D eigenvalue weighted by Crippen LogP contribution is 2.69. The van der Waals surface area contributed by atoms with Crippen molar-refractivity contribution in [1.82, 2.24) is 0 Å². The zero-order valence-corrected chi connectivity index (χ0v) is 60.1. The number of benzene rings is 16. The van der Waals surface area contributed by atoms with Gasteiger partial charge < -0.3 is 5.11 Å². The maximum absolute atomic E-state index is 15.6. The molecule has 0 radical (unpaired) electrons. The van der Waals surface area contributed by atoms with Crippen LogP contribution in [0.15, 0.2) is 364 Å². The van der Waals surface area contributed by atoms with Crippen molar-refractivity contribution in [2.45, 2.75) is 27.8 Å². The van der Waals surface area contributed by atoms with E-state index in [2.05, 4.69) is 377 Å². The summed E-state index contributed by atoms with van der Waals surface area (Å²) in [7, 11) is 1.08. The maximum atomic E-state index is 15.6. The standard InChI is InChI=1S/C51H32O.C51H30O.C2H7P/c2*52-49(37-21-13-29-45-47(37)35-19-5-11-27-43(35)50(45)39-23-7-1-15-31(39)32-16-2-8-24-40(32)50)38-22-14-30-46-48(38)36-20-6-12-28-44(36)51(46)41-25-9-3-17-33(41)34-18-4-10-26-42(34)51;1-3-2/h1-30,49,52H;1-30H;3H,1-2H3. The summed E-state index contributed by atoms with van der Waals surface area (Å²) in [5.74, 6) is 0.0616. The van der Waals surface area contributed by atoms with Gasteiger partial charge in [0, 0.05) is 11.1 Å². The zero-order valence-electron chi connectivity index (χ0n) is 59.1. The van der Waals surface area contributed by atoms with E-state index in [-0.39, 0.29) is 5.78 Å². The number of carbonyl (C=O) groups excluding carboxylic acids is 1. The van der Waals surface area contributed by atoms with Crippen LogP contribution in [0.3, 0.4) is 0 Å². The Morgan fingerprint density at radius 1 is 0.215 bits per heavy atom. The predicted octanol–water partition coefficient (Wildman–Crippen LogP) is 24.0. The predicted molar refractivity (Wildman–Crippen MR) is 439 cm³/mol. The highest BCUT2D eigenvalue weighted by atomic mass is 31.1. The van der Waals surface area contributed by atoms with E-state index >= 15 is 4.79 Å². The van der Waals surface area contributed by atoms with E-state index < -0.39 is 27.8 Å². The van der Waals surface area contributed by atoms with Gasteiger partial charge >= 0.3 is 0 Å². The van der Waals surface area contributed by atoms with Crippen molar-refractivity contribution in [1.29, 1.82) is 0 Å². The van der Waals surface area contributed by atoms with E-state index in [1.807, 2.05) is 0 Å². The molecule has 0 saturated heterocycles. The van der Waals surface area contributed by atoms with E-state index in [0.29, 0.717) is 0 Å². The summed E-state index contributed by atoms with van der Waals surface area (Å²) in [5, 5.41) is 13.0. The Balaban J connectivity index is 0.000000129. The minimum atomic E-state index is -0.852. The van der Waals surface area contributed by atoms with E-state index in [1.165, 1.54) is 145 Å². The Labute approximate surface area is 625 Å². The van der Waals surface area contributed by atoms with E-state index in [0.717, 1.165) is 64.2 Å². The lowest BCUT2D eigenvalue weighted by Crippen LogP contribution is -2.26. The second-order valence-electron chi connectivity index (χ2n) is 29.8. The van der Waals surface area contributed by atoms with Gasteiger partial charge in [0.05, 0.1) is 21.7 Å². The third-order valence-electron chi connectivity index (χ3n) is 25.2. The molecule has 0 saturated carbocycles. The first-order chi connectivity index (χ1) is 52.9. The molecule has 1 N–H and O–H groups in total. The van der Waals surface area contributed by atoms with Crippen molar-refractivity contribution in [2.24, 2.45) is 0 Å². The van der Waals surface area contributed by atoms with Crippen molar-refractivity contribution in [3.05, 3.63) is 475 Å². The third kappa shape index (κ3) is 7.68. The quantitative estimate of drug-likeness (QED) is 0.141. The molecular weight excluding hydrogens is 1310 g/mol. The number of hydrogen-bond donors (Lipinski definition) is 1. The van der Waals surface area contributed by atoms with Crippen LogP contribution in [0.2, 0.25) is 0 Å². The van der Waals surface area contributed by atoms with Gasteiger partial charge in [-0.15, -0.1) is 8.58 Å². The molecule has 8 aliphatic rings. The molecule has 3 heteroatoms. The molecule has 0 fully saturated rings. The van der Waals surface area contributed by atoms with Gasteiger partial charge in [-0.2, -0.15) is 0 Å². The summed E-state index contributed by atoms with van der Waals surface area (Å²) in [6, 6.07) is 132. The van der Waals surface area contributed by atoms with Gasteiger partial charge in [0.1, 0.15) is 6.10 Å². The first-order valence-corrected chi connectivity index (χ1v) is 39.4. The largest absolute Gasteiger partial charge is 0.384 e. The lowest BCUT2D eigenvalue weighted by Gasteiger charge is -2.31. The Morgan fingerprint density at radius 3 is 0.598 bits per heavy atom. The summed E-state index contributed by atoms with van der Waals surface area (Å²) in [5.41, 5.74) is 41.0. The number of rotatable bonds is 4. The van der Waals surface area contributed by atoms with Crippen LogP contribution in [0, 0.1) is 0 Å². The molecule has 8 aliphatic carbocycles. The monoisotopic (exact) mass is 1380 g/mol. The molecule has 0 unspecified atom stereocenters. The number of aliphatic hydroxyl groups is 1. The van der Waals surface area contributed by atoms with Gasteiger partial charge in [-0.1, -0.05) is 364 Å². The minimum absolute atomic E-state index is 0.0616. The minimum Gasteiger partial charge on any atom is -0.384 e.